The van der Waals surface area contributed by atoms with E-state index in [1.807, 2.05) is 5.32 Å². The van der Waals surface area contributed by atoms with Gasteiger partial charge >= 0.3 is 0 Å². The molecule has 0 unspecified atom stereocenters. The Bertz CT molecular complexity index is 87.7. The number of nitrogens with two attached hydrogens (primary N) is 2. The third kappa shape index (κ3) is 2.54. The first-order valence-corrected chi connectivity index (χ1v) is 1.54. The van der Waals surface area contributed by atoms with Crippen LogP contribution in [0, 0.1) is 0 Å². The Kier molecular flexibility index (Phi) is 2.42. The number of carbonyl (C=O) groups is 1. The summed E-state index contributed by atoms with van der Waals surface area (Å²) in [5.74, 6) is 4.51. The number of hydrogen-bond donors (Lipinski definition) is 3. The monoisotopic (exact) mass is 102 g/mol. The number of amides is 1. The van der Waals surface area contributed by atoms with E-state index in [1.165, 1.54) is 0 Å². The summed E-state index contributed by atoms with van der Waals surface area (Å²) in [6.45, 7) is 0. The fourth-order valence-electron chi connectivity index (χ4n) is 0.0976. The third-order valence-corrected chi connectivity index (χ3v) is 0.346. The van der Waals surface area contributed by atoms with Crippen LogP contribution in [-0.2, 0) is 4.79 Å². The summed E-state index contributed by atoms with van der Waals surface area (Å²) in [5.41, 5.74) is 4.87. The molecular weight excluding hydrogens is 96.0 g/mol. The van der Waals surface area contributed by atoms with Crippen LogP contribution in [0.4, 0.5) is 0 Å². The van der Waals surface area contributed by atoms with E-state index in [0.717, 1.165) is 0 Å². The lowest BCUT2D eigenvalue weighted by molar-refractivity contribution is -0.108. The zero-order valence-electron chi connectivity index (χ0n) is 3.59. The van der Waals surface area contributed by atoms with Crippen molar-refractivity contribution in [1.29, 1.82) is 0 Å². The van der Waals surface area contributed by atoms with Crippen molar-refractivity contribution in [3.8, 4) is 0 Å². The van der Waals surface area contributed by atoms with Gasteiger partial charge in [0.2, 0.25) is 12.4 Å². The highest BCUT2D eigenvalue weighted by Crippen LogP contribution is 1.43. The first-order valence-electron chi connectivity index (χ1n) is 1.54. The second-order valence-electron chi connectivity index (χ2n) is 0.777. The average Bonchev–Trinajstić information content (AvgIpc) is 1.68. The number of hydrazone groups is 1. The van der Waals surface area contributed by atoms with Gasteiger partial charge in [-0.3, -0.25) is 10.1 Å². The molecule has 0 aromatic carbocycles. The molecule has 0 aliphatic rings. The molecule has 0 saturated carbocycles. The molecule has 0 spiro atoms. The Hall–Kier alpha value is -1.26. The van der Waals surface area contributed by atoms with Crippen LogP contribution in [-0.4, -0.2) is 12.4 Å². The molecule has 1 amide bonds. The number of guanidine groups is 1. The molecule has 0 atom stereocenters. The summed E-state index contributed by atoms with van der Waals surface area (Å²) >= 11 is 0. The molecule has 0 aromatic rings. The van der Waals surface area contributed by atoms with Crippen LogP contribution in [0.2, 0.25) is 0 Å². The SMILES string of the molecule is N/N=C(\N)NC=O. The second kappa shape index (κ2) is 2.95. The van der Waals surface area contributed by atoms with Crippen LogP contribution in [0.25, 0.3) is 0 Å². The highest BCUT2D eigenvalue weighted by Gasteiger charge is 1.78. The van der Waals surface area contributed by atoms with Gasteiger partial charge in [-0.2, -0.15) is 0 Å². The molecule has 0 heterocycles. The van der Waals surface area contributed by atoms with E-state index < -0.39 is 0 Å². The molecule has 0 rings (SSSR count). The van der Waals surface area contributed by atoms with Gasteiger partial charge in [-0.25, -0.2) is 0 Å². The summed E-state index contributed by atoms with van der Waals surface area (Å²) in [6, 6.07) is 0. The van der Waals surface area contributed by atoms with Crippen LogP contribution in [0.3, 0.4) is 0 Å². The fourth-order valence-corrected chi connectivity index (χ4v) is 0.0976. The molecule has 0 bridgehead atoms. The Balaban J connectivity index is 3.36. The zero-order valence-corrected chi connectivity index (χ0v) is 3.59. The van der Waals surface area contributed by atoms with Crippen molar-refractivity contribution in [3.63, 3.8) is 0 Å². The standard InChI is InChI=1S/C2H6N4O/c3-2(6-4)5-1-7/h1H,4H2,(H3,3,5,6,7). The van der Waals surface area contributed by atoms with Gasteiger partial charge in [0, 0.05) is 0 Å². The number of nitrogens with zero attached hydrogens (tertiary/aromatic N) is 1. The van der Waals surface area contributed by atoms with Gasteiger partial charge < -0.3 is 11.6 Å². The van der Waals surface area contributed by atoms with Crippen molar-refractivity contribution in [2.75, 3.05) is 0 Å². The summed E-state index contributed by atoms with van der Waals surface area (Å²) in [6.07, 6.45) is 0.395. The Labute approximate surface area is 40.4 Å². The molecule has 0 aliphatic heterocycles. The van der Waals surface area contributed by atoms with Crippen LogP contribution >= 0.6 is 0 Å². The second-order valence-corrected chi connectivity index (χ2v) is 0.777. The van der Waals surface area contributed by atoms with Crippen LogP contribution < -0.4 is 16.9 Å². The first kappa shape index (κ1) is 5.74. The maximum Gasteiger partial charge on any atom is 0.217 e. The molecular formula is C2H6N4O. The number of nitrogens with one attached hydrogen (secondary N) is 1. The molecule has 0 fully saturated rings. The molecule has 5 nitrogen and oxygen atoms in total. The van der Waals surface area contributed by atoms with E-state index in [0.29, 0.717) is 6.41 Å². The van der Waals surface area contributed by atoms with Gasteiger partial charge in [0.25, 0.3) is 0 Å². The number of hydrogen-bond acceptors (Lipinski definition) is 3. The fraction of sp³-hybridized carbons (Fsp3) is 0. The van der Waals surface area contributed by atoms with E-state index in [9.17, 15) is 4.79 Å². The molecule has 0 aromatic heterocycles. The molecule has 0 radical (unpaired) electrons. The maximum absolute atomic E-state index is 9.45. The van der Waals surface area contributed by atoms with Crippen molar-refractivity contribution in [2.24, 2.45) is 16.7 Å². The Morgan fingerprint density at radius 2 is 2.43 bits per heavy atom. The van der Waals surface area contributed by atoms with Gasteiger partial charge in [0.05, 0.1) is 0 Å². The topological polar surface area (TPSA) is 93.5 Å². The number of carbonyl (C=O) groups excluding carboxylic acids is 1. The lowest BCUT2D eigenvalue weighted by Crippen LogP contribution is -2.31. The molecule has 7 heavy (non-hydrogen) atoms. The summed E-state index contributed by atoms with van der Waals surface area (Å²) in [5, 5.41) is 4.95. The summed E-state index contributed by atoms with van der Waals surface area (Å²) in [7, 11) is 0. The lowest BCUT2D eigenvalue weighted by Gasteiger charge is -1.88. The van der Waals surface area contributed by atoms with E-state index in [4.69, 9.17) is 5.73 Å². The normalized spacial score (nSPS) is 10.6. The predicted octanol–water partition coefficient (Wildman–Crippen LogP) is -2.08. The smallest absolute Gasteiger partial charge is 0.217 e. The maximum atomic E-state index is 9.45. The van der Waals surface area contributed by atoms with E-state index in [1.54, 1.807) is 0 Å². The largest absolute Gasteiger partial charge is 0.368 e. The molecule has 5 heteroatoms. The average molecular weight is 102 g/mol. The predicted molar refractivity (Wildman–Crippen MR) is 25.0 cm³/mol. The van der Waals surface area contributed by atoms with Gasteiger partial charge in [0.1, 0.15) is 0 Å². The van der Waals surface area contributed by atoms with Crippen LogP contribution in [0.1, 0.15) is 0 Å². The molecule has 40 valence electrons. The first-order chi connectivity index (χ1) is 3.31. The minimum atomic E-state index is -0.0880. The van der Waals surface area contributed by atoms with Crippen molar-refractivity contribution < 1.29 is 4.79 Å². The van der Waals surface area contributed by atoms with Crippen molar-refractivity contribution in [2.45, 2.75) is 0 Å². The van der Waals surface area contributed by atoms with Gasteiger partial charge in [0.15, 0.2) is 0 Å². The Morgan fingerprint density at radius 1 is 1.86 bits per heavy atom. The van der Waals surface area contributed by atoms with E-state index >= 15 is 0 Å². The van der Waals surface area contributed by atoms with Gasteiger partial charge in [-0.05, 0) is 0 Å². The van der Waals surface area contributed by atoms with E-state index in [2.05, 4.69) is 10.9 Å². The summed E-state index contributed by atoms with van der Waals surface area (Å²) < 4.78 is 0. The van der Waals surface area contributed by atoms with Crippen LogP contribution in [0.5, 0.6) is 0 Å². The molecule has 0 aliphatic carbocycles. The third-order valence-electron chi connectivity index (χ3n) is 0.346. The quantitative estimate of drug-likeness (QED) is 0.117. The zero-order chi connectivity index (χ0) is 5.70. The molecule has 5 N–H and O–H groups in total. The van der Waals surface area contributed by atoms with Gasteiger partial charge in [-0.15, -0.1) is 5.10 Å². The van der Waals surface area contributed by atoms with Crippen molar-refractivity contribution in [3.05, 3.63) is 0 Å². The van der Waals surface area contributed by atoms with Gasteiger partial charge in [-0.1, -0.05) is 0 Å². The minimum absolute atomic E-state index is 0.0880. The minimum Gasteiger partial charge on any atom is -0.368 e. The Morgan fingerprint density at radius 3 is 2.57 bits per heavy atom. The summed E-state index contributed by atoms with van der Waals surface area (Å²) in [4.78, 5) is 9.45. The van der Waals surface area contributed by atoms with E-state index in [-0.39, 0.29) is 5.96 Å². The van der Waals surface area contributed by atoms with Crippen molar-refractivity contribution in [1.82, 2.24) is 5.32 Å². The highest BCUT2D eigenvalue weighted by atomic mass is 16.1. The molecule has 0 saturated heterocycles. The highest BCUT2D eigenvalue weighted by molar-refractivity contribution is 5.86. The number of rotatable bonds is 1. The van der Waals surface area contributed by atoms with Crippen LogP contribution in [0.15, 0.2) is 5.10 Å². The van der Waals surface area contributed by atoms with Crippen molar-refractivity contribution >= 4 is 12.4 Å². The lowest BCUT2D eigenvalue weighted by atomic mass is 11.0.